The van der Waals surface area contributed by atoms with Gasteiger partial charge in [0.05, 0.1) is 5.02 Å². The number of halogens is 2. The van der Waals surface area contributed by atoms with Crippen molar-refractivity contribution in [3.05, 3.63) is 68.1 Å². The van der Waals surface area contributed by atoms with Gasteiger partial charge in [-0.25, -0.2) is 0 Å². The molecular formula is C17H16BrClO. The van der Waals surface area contributed by atoms with Gasteiger partial charge in [-0.1, -0.05) is 43.6 Å². The Hall–Kier alpha value is -1.12. The van der Waals surface area contributed by atoms with Gasteiger partial charge in [-0.15, -0.1) is 0 Å². The van der Waals surface area contributed by atoms with Gasteiger partial charge in [-0.05, 0) is 58.1 Å². The summed E-state index contributed by atoms with van der Waals surface area (Å²) in [5.74, 6) is -0.0107. The van der Waals surface area contributed by atoms with Crippen LogP contribution >= 0.6 is 27.5 Å². The first-order chi connectivity index (χ1) is 9.58. The van der Waals surface area contributed by atoms with E-state index in [0.29, 0.717) is 10.6 Å². The maximum atomic E-state index is 12.8. The lowest BCUT2D eigenvalue weighted by Crippen LogP contribution is -2.07. The van der Waals surface area contributed by atoms with Gasteiger partial charge in [0.25, 0.3) is 0 Å². The van der Waals surface area contributed by atoms with Gasteiger partial charge in [0.1, 0.15) is 0 Å². The molecule has 0 saturated carbocycles. The molecule has 0 radical (unpaired) electrons. The molecule has 0 fully saturated rings. The van der Waals surface area contributed by atoms with Crippen LogP contribution in [0, 0.1) is 0 Å². The zero-order valence-electron chi connectivity index (χ0n) is 11.5. The first-order valence-corrected chi connectivity index (χ1v) is 7.86. The average molecular weight is 352 g/mol. The molecule has 2 rings (SSSR count). The zero-order valence-corrected chi connectivity index (χ0v) is 13.9. The zero-order chi connectivity index (χ0) is 14.7. The van der Waals surface area contributed by atoms with E-state index in [-0.39, 0.29) is 5.78 Å². The molecular weight excluding hydrogens is 336 g/mol. The summed E-state index contributed by atoms with van der Waals surface area (Å²) in [6.45, 7) is 4.14. The number of hydrogen-bond acceptors (Lipinski definition) is 1. The van der Waals surface area contributed by atoms with Crippen LogP contribution in [0.2, 0.25) is 5.02 Å². The predicted molar refractivity (Wildman–Crippen MR) is 87.8 cm³/mol. The first-order valence-electron chi connectivity index (χ1n) is 6.69. The van der Waals surface area contributed by atoms with E-state index in [4.69, 9.17) is 11.6 Å². The van der Waals surface area contributed by atoms with Crippen molar-refractivity contribution in [2.75, 3.05) is 0 Å². The van der Waals surface area contributed by atoms with E-state index in [9.17, 15) is 4.79 Å². The predicted octanol–water partition coefficient (Wildman–Crippen LogP) is 5.46. The van der Waals surface area contributed by atoms with Gasteiger partial charge in [-0.3, -0.25) is 4.79 Å². The summed E-state index contributed by atoms with van der Waals surface area (Å²) >= 11 is 9.61. The number of ketones is 1. The number of benzene rings is 2. The van der Waals surface area contributed by atoms with E-state index >= 15 is 0 Å². The Labute approximate surface area is 133 Å². The summed E-state index contributed by atoms with van der Waals surface area (Å²) in [4.78, 5) is 12.8. The maximum absolute atomic E-state index is 12.8. The minimum Gasteiger partial charge on any atom is -0.289 e. The van der Waals surface area contributed by atoms with Crippen molar-refractivity contribution in [3.8, 4) is 0 Å². The minimum atomic E-state index is -0.0107. The number of aryl methyl sites for hydroxylation is 2. The van der Waals surface area contributed by atoms with Crippen molar-refractivity contribution in [1.82, 2.24) is 0 Å². The van der Waals surface area contributed by atoms with Gasteiger partial charge in [0.15, 0.2) is 5.78 Å². The third-order valence-corrected chi connectivity index (χ3v) is 4.70. The number of carbonyl (C=O) groups excluding carboxylic acids is 1. The van der Waals surface area contributed by atoms with Crippen molar-refractivity contribution in [2.24, 2.45) is 0 Å². The lowest BCUT2D eigenvalue weighted by atomic mass is 9.94. The van der Waals surface area contributed by atoms with Crippen molar-refractivity contribution in [1.29, 1.82) is 0 Å². The summed E-state index contributed by atoms with van der Waals surface area (Å²) < 4.78 is 0.745. The fraction of sp³-hybridized carbons (Fsp3) is 0.235. The second kappa shape index (κ2) is 6.55. The van der Waals surface area contributed by atoms with Crippen LogP contribution in [-0.4, -0.2) is 5.78 Å². The lowest BCUT2D eigenvalue weighted by Gasteiger charge is -2.11. The molecule has 0 atom stereocenters. The number of hydrogen-bond donors (Lipinski definition) is 0. The molecule has 0 aliphatic rings. The van der Waals surface area contributed by atoms with Crippen molar-refractivity contribution in [3.63, 3.8) is 0 Å². The van der Waals surface area contributed by atoms with E-state index in [0.717, 1.165) is 34.0 Å². The third-order valence-electron chi connectivity index (χ3n) is 3.40. The van der Waals surface area contributed by atoms with E-state index < -0.39 is 0 Å². The second-order valence-electron chi connectivity index (χ2n) is 4.63. The summed E-state index contributed by atoms with van der Waals surface area (Å²) in [6, 6.07) is 11.5. The Morgan fingerprint density at radius 3 is 2.50 bits per heavy atom. The third kappa shape index (κ3) is 2.97. The molecule has 0 amide bonds. The fourth-order valence-electron chi connectivity index (χ4n) is 2.19. The van der Waals surface area contributed by atoms with E-state index in [1.807, 2.05) is 24.3 Å². The van der Waals surface area contributed by atoms with Crippen LogP contribution in [0.3, 0.4) is 0 Å². The highest BCUT2D eigenvalue weighted by Gasteiger charge is 2.17. The highest BCUT2D eigenvalue weighted by Crippen LogP contribution is 2.29. The summed E-state index contributed by atoms with van der Waals surface area (Å²) in [5.41, 5.74) is 3.52. The molecule has 0 spiro atoms. The molecule has 0 aromatic heterocycles. The Morgan fingerprint density at radius 2 is 1.85 bits per heavy atom. The van der Waals surface area contributed by atoms with Gasteiger partial charge in [0, 0.05) is 15.6 Å². The van der Waals surface area contributed by atoms with Gasteiger partial charge < -0.3 is 0 Å². The van der Waals surface area contributed by atoms with Crippen LogP contribution in [0.5, 0.6) is 0 Å². The highest BCUT2D eigenvalue weighted by atomic mass is 79.9. The normalized spacial score (nSPS) is 10.6. The van der Waals surface area contributed by atoms with Crippen molar-refractivity contribution < 1.29 is 4.79 Å². The molecule has 20 heavy (non-hydrogen) atoms. The molecule has 0 saturated heterocycles. The second-order valence-corrected chi connectivity index (χ2v) is 5.86. The van der Waals surface area contributed by atoms with E-state index in [1.165, 1.54) is 0 Å². The van der Waals surface area contributed by atoms with Crippen molar-refractivity contribution >= 4 is 33.3 Å². The largest absolute Gasteiger partial charge is 0.289 e. The first kappa shape index (κ1) is 15.3. The Morgan fingerprint density at radius 1 is 1.10 bits per heavy atom. The number of rotatable bonds is 4. The molecule has 104 valence electrons. The van der Waals surface area contributed by atoms with Crippen LogP contribution in [0.1, 0.15) is 40.9 Å². The van der Waals surface area contributed by atoms with E-state index in [1.54, 1.807) is 6.07 Å². The SMILES string of the molecule is CCc1ccc(CC)c(C(=O)c2cccc(Br)c2Cl)c1. The lowest BCUT2D eigenvalue weighted by molar-refractivity contribution is 0.103. The standard InChI is InChI=1S/C17H16BrClO/c1-3-11-8-9-12(4-2)14(10-11)17(20)13-6-5-7-15(18)16(13)19/h5-10H,3-4H2,1-2H3. The van der Waals surface area contributed by atoms with Gasteiger partial charge >= 0.3 is 0 Å². The molecule has 2 aromatic rings. The molecule has 3 heteroatoms. The Bertz CT molecular complexity index is 649. The quantitative estimate of drug-likeness (QED) is 0.669. The summed E-state index contributed by atoms with van der Waals surface area (Å²) in [6.07, 6.45) is 1.74. The topological polar surface area (TPSA) is 17.1 Å². The van der Waals surface area contributed by atoms with Crippen LogP contribution in [0.25, 0.3) is 0 Å². The average Bonchev–Trinajstić information content (AvgIpc) is 2.48. The summed E-state index contributed by atoms with van der Waals surface area (Å²) in [5, 5.41) is 0.474. The molecule has 0 heterocycles. The molecule has 2 aromatic carbocycles. The highest BCUT2D eigenvalue weighted by molar-refractivity contribution is 9.10. The van der Waals surface area contributed by atoms with E-state index in [2.05, 4.69) is 35.8 Å². The maximum Gasteiger partial charge on any atom is 0.194 e. The van der Waals surface area contributed by atoms with Crippen molar-refractivity contribution in [2.45, 2.75) is 26.7 Å². The smallest absolute Gasteiger partial charge is 0.194 e. The van der Waals surface area contributed by atoms with Gasteiger partial charge in [0.2, 0.25) is 0 Å². The molecule has 0 aliphatic heterocycles. The van der Waals surface area contributed by atoms with Crippen LogP contribution in [0.4, 0.5) is 0 Å². The van der Waals surface area contributed by atoms with Gasteiger partial charge in [-0.2, -0.15) is 0 Å². The monoisotopic (exact) mass is 350 g/mol. The van der Waals surface area contributed by atoms with Crippen LogP contribution in [-0.2, 0) is 12.8 Å². The minimum absolute atomic E-state index is 0.0107. The fourth-order valence-corrected chi connectivity index (χ4v) is 2.77. The summed E-state index contributed by atoms with van der Waals surface area (Å²) in [7, 11) is 0. The molecule has 0 N–H and O–H groups in total. The molecule has 0 bridgehead atoms. The van der Waals surface area contributed by atoms with Crippen LogP contribution < -0.4 is 0 Å². The number of carbonyl (C=O) groups is 1. The van der Waals surface area contributed by atoms with Crippen LogP contribution in [0.15, 0.2) is 40.9 Å². The Balaban J connectivity index is 2.55. The molecule has 1 nitrogen and oxygen atoms in total. The molecule has 0 unspecified atom stereocenters. The Kier molecular flexibility index (Phi) is 5.00. The molecule has 0 aliphatic carbocycles.